The topological polar surface area (TPSA) is 9.86 Å². The fourth-order valence-corrected chi connectivity index (χ4v) is 9.55. The Bertz CT molecular complexity index is 3790. The maximum atomic E-state index is 7.30. The number of hydrogen-bond donors (Lipinski definition) is 0. The van der Waals surface area contributed by atoms with Crippen LogP contribution < -0.4 is 104 Å². The molecule has 260 valence electrons. The molecule has 0 spiro atoms. The van der Waals surface area contributed by atoms with Crippen molar-refractivity contribution < 1.29 is 0 Å². The van der Waals surface area contributed by atoms with Gasteiger partial charge in [-0.2, -0.15) is 0 Å². The monoisotopic (exact) mass is 822 g/mol. The first-order chi connectivity index (χ1) is 32.6. The second-order valence-corrected chi connectivity index (χ2v) is 16.8. The molecule has 0 saturated carbocycles. The van der Waals surface area contributed by atoms with Gasteiger partial charge in [0.2, 0.25) is 0 Å². The lowest BCUT2D eigenvalue weighted by atomic mass is 9.58. The minimum absolute atomic E-state index is 0.0235. The van der Waals surface area contributed by atoms with E-state index in [-0.39, 0.29) is 215 Å². The molecule has 2 nitrogen and oxygen atoms in total. The molecule has 1 aliphatic rings. The second kappa shape index (κ2) is 18.1. The highest BCUT2D eigenvalue weighted by molar-refractivity contribution is 6.73. The Labute approximate surface area is 443 Å². The van der Waals surface area contributed by atoms with E-state index in [2.05, 4.69) is 5.92 Å². The van der Waals surface area contributed by atoms with Gasteiger partial charge in [0.25, 0.3) is 0 Å². The Morgan fingerprint density at radius 3 is 1.16 bits per heavy atom. The van der Waals surface area contributed by atoms with Crippen molar-refractivity contribution in [2.75, 3.05) is 0 Å². The number of nitrogens with zero attached hydrogens (tertiary/aromatic N) is 2. The predicted octanol–water partition coefficient (Wildman–Crippen LogP) is -15.9. The molecular formula is C42H4B26N2. The molecule has 1 atom stereocenters. The van der Waals surface area contributed by atoms with E-state index in [1.54, 1.807) is 0 Å². The number of hydrogen-bond acceptors (Lipinski definition) is 0. The average Bonchev–Trinajstić information content (AvgIpc) is 3.93. The van der Waals surface area contributed by atoms with Gasteiger partial charge in [0, 0.05) is 28.6 Å². The maximum Gasteiger partial charge on any atom is 0.125 e. The lowest BCUT2D eigenvalue weighted by molar-refractivity contribution is 0.769. The average molecular weight is 818 g/mol. The quantitative estimate of drug-likeness (QED) is 0.0899. The summed E-state index contributed by atoms with van der Waals surface area (Å²) in [6.07, 6.45) is 5.46. The SMILES string of the molecule is [B]C1=C([B])C(n2c3c([B])c([B])c([B])c([B])c3c3c([B])c(-c4c([B])c([B])c5c(c4[B])c4c([B])c([B])c([B])c([B])c4n5C/C([B])=C([B])\C([B])=C(\[B])C#C)c([B])c([B])c32)C([B])=C1c1c([B])c([B])c([B])c([B])c1[B]. The lowest BCUT2D eigenvalue weighted by Crippen LogP contribution is -2.56. The second-order valence-electron chi connectivity index (χ2n) is 16.8. The van der Waals surface area contributed by atoms with Gasteiger partial charge >= 0.3 is 0 Å². The molecule has 0 saturated heterocycles. The lowest BCUT2D eigenvalue weighted by Gasteiger charge is -2.27. The Morgan fingerprint density at radius 2 is 0.700 bits per heavy atom. The number of aromatic nitrogens is 2. The third kappa shape index (κ3) is 7.01. The molecule has 0 aliphatic heterocycles. The molecule has 52 radical (unpaired) electrons. The zero-order valence-corrected chi connectivity index (χ0v) is 37.3. The number of rotatable bonds is 6. The van der Waals surface area contributed by atoms with Crippen molar-refractivity contribution in [1.29, 1.82) is 0 Å². The molecule has 1 aliphatic carbocycles. The number of terminal acetylenes is 1. The van der Waals surface area contributed by atoms with Gasteiger partial charge in [-0.25, -0.2) is 0 Å². The maximum absolute atomic E-state index is 7.30. The highest BCUT2D eigenvalue weighted by atomic mass is 15.0. The zero-order chi connectivity index (χ0) is 52.1. The fourth-order valence-electron chi connectivity index (χ4n) is 9.55. The van der Waals surface area contributed by atoms with Gasteiger partial charge in [-0.15, -0.1) is 61.1 Å². The molecule has 0 bridgehead atoms. The van der Waals surface area contributed by atoms with Crippen LogP contribution >= 0.6 is 0 Å². The summed E-state index contributed by atoms with van der Waals surface area (Å²) in [5, 5.41) is 0.555. The third-order valence-electron chi connectivity index (χ3n) is 13.3. The first kappa shape index (κ1) is 52.2. The summed E-state index contributed by atoms with van der Waals surface area (Å²) >= 11 is 0. The van der Waals surface area contributed by atoms with Crippen molar-refractivity contribution in [1.82, 2.24) is 9.13 Å². The molecule has 0 N–H and O–H groups in total. The smallest absolute Gasteiger partial charge is 0.125 e. The molecule has 1 unspecified atom stereocenters. The number of fused-ring (bicyclic) bond motifs is 6. The van der Waals surface area contributed by atoms with Crippen LogP contribution in [0.3, 0.4) is 0 Å². The molecule has 8 rings (SSSR count). The standard InChI is InChI=1S/C42H4B26N2/c1-2-4(43)14(45)15(46)5(44)3-69-38-10(12-23(54)28(59)31(62)36(67)39(12)69)16(47)6(20(51)33(38)64)7-17(48)11-13-24(55)29(60)32(63)37(68)41(13)70(40(11)34(65)21(7)52)42-25(56)9(22(53)35(42)66)8-18(49)26(57)30(61)27(58)19(8)50/h1,42H,3H2/b14-4-,15-5-. The van der Waals surface area contributed by atoms with E-state index >= 15 is 0 Å². The minimum atomic E-state index is -1.27. The first-order valence-corrected chi connectivity index (χ1v) is 20.4. The van der Waals surface area contributed by atoms with E-state index in [4.69, 9.17) is 210 Å². The van der Waals surface area contributed by atoms with Gasteiger partial charge < -0.3 is 9.13 Å². The highest BCUT2D eigenvalue weighted by Crippen LogP contribution is 2.43. The van der Waals surface area contributed by atoms with Crippen LogP contribution in [0, 0.1) is 12.3 Å². The van der Waals surface area contributed by atoms with Crippen LogP contribution in [0.1, 0.15) is 11.6 Å². The Morgan fingerprint density at radius 1 is 0.371 bits per heavy atom. The first-order valence-electron chi connectivity index (χ1n) is 20.4. The van der Waals surface area contributed by atoms with Gasteiger partial charge in [0.1, 0.15) is 204 Å². The van der Waals surface area contributed by atoms with Gasteiger partial charge in [-0.3, -0.25) is 0 Å². The van der Waals surface area contributed by atoms with Crippen molar-refractivity contribution in [3.05, 3.63) is 43.9 Å². The Hall–Kier alpha value is -4.09. The molecule has 7 aromatic rings. The van der Waals surface area contributed by atoms with Crippen LogP contribution in [0.2, 0.25) is 0 Å². The van der Waals surface area contributed by atoms with Crippen LogP contribution in [0.4, 0.5) is 0 Å². The van der Waals surface area contributed by atoms with Crippen molar-refractivity contribution in [3.63, 3.8) is 0 Å². The molecule has 28 heteroatoms. The molecule has 0 fully saturated rings. The molecule has 2 aromatic heterocycles. The summed E-state index contributed by atoms with van der Waals surface area (Å²) in [7, 11) is 173. The van der Waals surface area contributed by atoms with E-state index < -0.39 is 6.04 Å². The Kier molecular flexibility index (Phi) is 13.5. The van der Waals surface area contributed by atoms with Crippen LogP contribution in [-0.2, 0) is 6.54 Å². The molecular weight excluding hydrogens is 814 g/mol. The van der Waals surface area contributed by atoms with Crippen LogP contribution in [0.25, 0.3) is 60.3 Å². The van der Waals surface area contributed by atoms with Crippen molar-refractivity contribution in [2.45, 2.75) is 12.6 Å². The van der Waals surface area contributed by atoms with Gasteiger partial charge in [0.05, 0.1) is 6.04 Å². The molecule has 0 amide bonds. The van der Waals surface area contributed by atoms with E-state index in [0.29, 0.717) is 0 Å². The third-order valence-corrected chi connectivity index (χ3v) is 13.3. The van der Waals surface area contributed by atoms with Gasteiger partial charge in [-0.05, 0) is 43.8 Å². The summed E-state index contributed by atoms with van der Waals surface area (Å²) in [4.78, 5) is 0. The summed E-state index contributed by atoms with van der Waals surface area (Å²) in [6.45, 7) is -0.283. The Balaban J connectivity index is 1.54. The summed E-state index contributed by atoms with van der Waals surface area (Å²) in [6, 6.07) is -1.27. The van der Waals surface area contributed by atoms with Crippen LogP contribution in [0.15, 0.2) is 38.3 Å². The van der Waals surface area contributed by atoms with E-state index in [9.17, 15) is 0 Å². The summed E-state index contributed by atoms with van der Waals surface area (Å²) in [5.74, 6) is 2.22. The zero-order valence-electron chi connectivity index (χ0n) is 37.3. The molecule has 2 heterocycles. The minimum Gasteiger partial charge on any atom is -0.338 e. The predicted molar refractivity (Wildman–Crippen MR) is 323 cm³/mol. The summed E-state index contributed by atoms with van der Waals surface area (Å²) in [5.41, 5.74) is -2.04. The van der Waals surface area contributed by atoms with Gasteiger partial charge in [-0.1, -0.05) is 93.4 Å². The van der Waals surface area contributed by atoms with E-state index in [1.165, 1.54) is 9.13 Å². The van der Waals surface area contributed by atoms with Crippen molar-refractivity contribution in [3.8, 4) is 23.5 Å². The van der Waals surface area contributed by atoms with Crippen LogP contribution in [-0.4, -0.2) is 213 Å². The van der Waals surface area contributed by atoms with E-state index in [0.717, 1.165) is 0 Å². The largest absolute Gasteiger partial charge is 0.338 e. The summed E-state index contributed by atoms with van der Waals surface area (Å²) < 4.78 is 3.04. The van der Waals surface area contributed by atoms with Crippen molar-refractivity contribution in [2.24, 2.45) is 0 Å². The number of benzene rings is 5. The normalized spacial score (nSPS) is 14.9. The van der Waals surface area contributed by atoms with Crippen LogP contribution in [0.5, 0.6) is 0 Å². The highest BCUT2D eigenvalue weighted by Gasteiger charge is 2.34. The van der Waals surface area contributed by atoms with E-state index in [1.807, 2.05) is 0 Å². The van der Waals surface area contributed by atoms with Gasteiger partial charge in [0.15, 0.2) is 0 Å². The number of allylic oxidation sites excluding steroid dienone is 8. The molecule has 5 aromatic carbocycles. The fraction of sp³-hybridized carbons (Fsp3) is 0.0476. The molecule has 70 heavy (non-hydrogen) atoms. The van der Waals surface area contributed by atoms with Crippen molar-refractivity contribution >= 4 is 357 Å².